The normalized spacial score (nSPS) is 15.2. The molecule has 2 N–H and O–H groups in total. The zero-order valence-electron chi connectivity index (χ0n) is 9.66. The Labute approximate surface area is 95.6 Å². The van der Waals surface area contributed by atoms with Crippen molar-refractivity contribution >= 4 is 11.3 Å². The summed E-state index contributed by atoms with van der Waals surface area (Å²) in [7, 11) is 0. The van der Waals surface area contributed by atoms with Gasteiger partial charge in [-0.1, -0.05) is 6.92 Å². The van der Waals surface area contributed by atoms with Crippen molar-refractivity contribution in [1.82, 2.24) is 10.3 Å². The van der Waals surface area contributed by atoms with Crippen LogP contribution in [0.1, 0.15) is 30.8 Å². The van der Waals surface area contributed by atoms with E-state index in [1.807, 2.05) is 19.4 Å². The second kappa shape index (κ2) is 6.20. The number of aliphatic hydroxyl groups is 1. The number of aromatic nitrogens is 1. The van der Waals surface area contributed by atoms with E-state index in [1.165, 1.54) is 4.88 Å². The Morgan fingerprint density at radius 1 is 1.53 bits per heavy atom. The number of aryl methyl sites for hydroxylation is 1. The van der Waals surface area contributed by atoms with Crippen molar-refractivity contribution in [3.05, 3.63) is 16.1 Å². The summed E-state index contributed by atoms with van der Waals surface area (Å²) in [5.74, 6) is 0.512. The van der Waals surface area contributed by atoms with Crippen LogP contribution in [0, 0.1) is 12.8 Å². The van der Waals surface area contributed by atoms with Gasteiger partial charge >= 0.3 is 0 Å². The summed E-state index contributed by atoms with van der Waals surface area (Å²) in [6.07, 6.45) is 0.654. The molecule has 0 amide bonds. The molecular weight excluding hydrogens is 208 g/mol. The van der Waals surface area contributed by atoms with Gasteiger partial charge in [0.25, 0.3) is 0 Å². The van der Waals surface area contributed by atoms with Crippen LogP contribution in [0.25, 0.3) is 0 Å². The Kier molecular flexibility index (Phi) is 5.22. The molecule has 1 aromatic rings. The highest BCUT2D eigenvalue weighted by Gasteiger charge is 2.06. The minimum atomic E-state index is -0.202. The highest BCUT2D eigenvalue weighted by Crippen LogP contribution is 2.11. The average Bonchev–Trinajstić information content (AvgIpc) is 2.50. The quantitative estimate of drug-likeness (QED) is 0.782. The van der Waals surface area contributed by atoms with Crippen molar-refractivity contribution in [1.29, 1.82) is 0 Å². The average molecular weight is 228 g/mol. The topological polar surface area (TPSA) is 45.2 Å². The van der Waals surface area contributed by atoms with Crippen molar-refractivity contribution < 1.29 is 5.11 Å². The van der Waals surface area contributed by atoms with Crippen molar-refractivity contribution in [2.75, 3.05) is 6.54 Å². The zero-order chi connectivity index (χ0) is 11.3. The first-order valence-electron chi connectivity index (χ1n) is 5.37. The van der Waals surface area contributed by atoms with E-state index < -0.39 is 0 Å². The second-order valence-corrected chi connectivity index (χ2v) is 5.12. The third-order valence-electron chi connectivity index (χ3n) is 2.37. The third-order valence-corrected chi connectivity index (χ3v) is 3.30. The Morgan fingerprint density at radius 2 is 2.27 bits per heavy atom. The van der Waals surface area contributed by atoms with E-state index in [2.05, 4.69) is 17.2 Å². The molecule has 86 valence electrons. The number of nitrogens with zero attached hydrogens (tertiary/aromatic N) is 1. The Morgan fingerprint density at radius 3 is 2.80 bits per heavy atom. The summed E-state index contributed by atoms with van der Waals surface area (Å²) in [6.45, 7) is 7.86. The standard InChI is InChI=1S/C11H20N2OS/c1-8(4-9(2)14)5-12-6-11-10(3)13-7-15-11/h7-9,12,14H,4-6H2,1-3H3. The van der Waals surface area contributed by atoms with Crippen LogP contribution in [0.5, 0.6) is 0 Å². The molecule has 1 heterocycles. The van der Waals surface area contributed by atoms with E-state index in [4.69, 9.17) is 0 Å². The maximum atomic E-state index is 9.21. The summed E-state index contributed by atoms with van der Waals surface area (Å²) in [6, 6.07) is 0. The molecule has 2 atom stereocenters. The molecular formula is C11H20N2OS. The van der Waals surface area contributed by atoms with Gasteiger partial charge in [-0.25, -0.2) is 4.98 Å². The predicted molar refractivity (Wildman–Crippen MR) is 64.0 cm³/mol. The van der Waals surface area contributed by atoms with Crippen LogP contribution in [0.3, 0.4) is 0 Å². The summed E-state index contributed by atoms with van der Waals surface area (Å²) in [5.41, 5.74) is 3.00. The van der Waals surface area contributed by atoms with Crippen LogP contribution in [0.2, 0.25) is 0 Å². The summed E-state index contributed by atoms with van der Waals surface area (Å²) >= 11 is 1.69. The lowest BCUT2D eigenvalue weighted by molar-refractivity contribution is 0.163. The van der Waals surface area contributed by atoms with Gasteiger partial charge in [-0.2, -0.15) is 0 Å². The minimum absolute atomic E-state index is 0.202. The Balaban J connectivity index is 2.19. The lowest BCUT2D eigenvalue weighted by Crippen LogP contribution is -2.23. The number of rotatable bonds is 6. The highest BCUT2D eigenvalue weighted by molar-refractivity contribution is 7.09. The number of hydrogen-bond acceptors (Lipinski definition) is 4. The predicted octanol–water partition coefficient (Wildman–Crippen LogP) is 1.95. The number of nitrogens with one attached hydrogen (secondary N) is 1. The van der Waals surface area contributed by atoms with Gasteiger partial charge < -0.3 is 10.4 Å². The molecule has 0 bridgehead atoms. The van der Waals surface area contributed by atoms with Crippen LogP contribution < -0.4 is 5.32 Å². The number of aliphatic hydroxyl groups excluding tert-OH is 1. The van der Waals surface area contributed by atoms with Gasteiger partial charge in [0, 0.05) is 11.4 Å². The van der Waals surface area contributed by atoms with Gasteiger partial charge in [-0.15, -0.1) is 11.3 Å². The molecule has 15 heavy (non-hydrogen) atoms. The number of hydrogen-bond donors (Lipinski definition) is 2. The first kappa shape index (κ1) is 12.6. The van der Waals surface area contributed by atoms with E-state index in [9.17, 15) is 5.11 Å². The van der Waals surface area contributed by atoms with Crippen LogP contribution in [0.15, 0.2) is 5.51 Å². The van der Waals surface area contributed by atoms with Gasteiger partial charge in [0.15, 0.2) is 0 Å². The maximum absolute atomic E-state index is 9.21. The fraction of sp³-hybridized carbons (Fsp3) is 0.727. The maximum Gasteiger partial charge on any atom is 0.0798 e. The molecule has 0 aliphatic carbocycles. The van der Waals surface area contributed by atoms with Crippen molar-refractivity contribution in [3.63, 3.8) is 0 Å². The molecule has 3 nitrogen and oxygen atoms in total. The van der Waals surface area contributed by atoms with Gasteiger partial charge in [0.1, 0.15) is 0 Å². The first-order valence-corrected chi connectivity index (χ1v) is 6.25. The lowest BCUT2D eigenvalue weighted by atomic mass is 10.0. The first-order chi connectivity index (χ1) is 7.09. The van der Waals surface area contributed by atoms with Crippen molar-refractivity contribution in [2.45, 2.75) is 39.8 Å². The minimum Gasteiger partial charge on any atom is -0.393 e. The summed E-state index contributed by atoms with van der Waals surface area (Å²) in [5, 5.41) is 12.6. The Hall–Kier alpha value is -0.450. The lowest BCUT2D eigenvalue weighted by Gasteiger charge is -2.13. The molecule has 0 spiro atoms. The second-order valence-electron chi connectivity index (χ2n) is 4.18. The zero-order valence-corrected chi connectivity index (χ0v) is 10.5. The monoisotopic (exact) mass is 228 g/mol. The van der Waals surface area contributed by atoms with E-state index >= 15 is 0 Å². The van der Waals surface area contributed by atoms with Gasteiger partial charge in [-0.05, 0) is 32.7 Å². The molecule has 2 unspecified atom stereocenters. The molecule has 1 aromatic heterocycles. The molecule has 0 aliphatic rings. The molecule has 0 saturated carbocycles. The van der Waals surface area contributed by atoms with Crippen LogP contribution >= 0.6 is 11.3 Å². The largest absolute Gasteiger partial charge is 0.393 e. The highest BCUT2D eigenvalue weighted by atomic mass is 32.1. The molecule has 0 radical (unpaired) electrons. The summed E-state index contributed by atoms with van der Waals surface area (Å²) in [4.78, 5) is 5.51. The molecule has 4 heteroatoms. The Bertz CT molecular complexity index is 286. The number of thiazole rings is 1. The van der Waals surface area contributed by atoms with Gasteiger partial charge in [0.2, 0.25) is 0 Å². The van der Waals surface area contributed by atoms with Crippen LogP contribution in [-0.4, -0.2) is 22.7 Å². The van der Waals surface area contributed by atoms with E-state index in [0.717, 1.165) is 25.2 Å². The fourth-order valence-corrected chi connectivity index (χ4v) is 2.34. The van der Waals surface area contributed by atoms with Crippen molar-refractivity contribution in [2.24, 2.45) is 5.92 Å². The van der Waals surface area contributed by atoms with Gasteiger partial charge in [0.05, 0.1) is 17.3 Å². The molecule has 0 saturated heterocycles. The van der Waals surface area contributed by atoms with E-state index in [-0.39, 0.29) is 6.10 Å². The molecule has 0 aromatic carbocycles. The molecule has 0 aliphatic heterocycles. The molecule has 1 rings (SSSR count). The smallest absolute Gasteiger partial charge is 0.0798 e. The molecule has 0 fully saturated rings. The van der Waals surface area contributed by atoms with E-state index in [0.29, 0.717) is 5.92 Å². The van der Waals surface area contributed by atoms with Crippen LogP contribution in [-0.2, 0) is 6.54 Å². The van der Waals surface area contributed by atoms with Crippen molar-refractivity contribution in [3.8, 4) is 0 Å². The van der Waals surface area contributed by atoms with E-state index in [1.54, 1.807) is 11.3 Å². The summed E-state index contributed by atoms with van der Waals surface area (Å²) < 4.78 is 0. The van der Waals surface area contributed by atoms with Gasteiger partial charge in [-0.3, -0.25) is 0 Å². The third kappa shape index (κ3) is 4.73. The SMILES string of the molecule is Cc1ncsc1CNCC(C)CC(C)O. The fourth-order valence-electron chi connectivity index (χ4n) is 1.59. The van der Waals surface area contributed by atoms with Crippen LogP contribution in [0.4, 0.5) is 0 Å².